The lowest BCUT2D eigenvalue weighted by Gasteiger charge is -2.43. The largest absolute Gasteiger partial charge is 0.497 e. The van der Waals surface area contributed by atoms with E-state index in [4.69, 9.17) is 4.74 Å². The van der Waals surface area contributed by atoms with E-state index in [0.717, 1.165) is 37.0 Å². The number of hydrogen-bond acceptors (Lipinski definition) is 3. The second-order valence-electron chi connectivity index (χ2n) is 5.30. The van der Waals surface area contributed by atoms with Gasteiger partial charge in [-0.3, -0.25) is 0 Å². The lowest BCUT2D eigenvalue weighted by atomic mass is 9.64. The van der Waals surface area contributed by atoms with Gasteiger partial charge in [-0.25, -0.2) is 4.79 Å². The van der Waals surface area contributed by atoms with Gasteiger partial charge in [-0.05, 0) is 54.9 Å². The third-order valence-corrected chi connectivity index (χ3v) is 4.48. The Bertz CT molecular complexity index is 572. The average Bonchev–Trinajstić information content (AvgIpc) is 2.47. The molecular formula is C16H17NO2. The zero-order valence-corrected chi connectivity index (χ0v) is 11.1. The first-order chi connectivity index (χ1) is 9.30. The molecule has 2 aliphatic rings. The number of allylic oxidation sites excluding steroid dienone is 1. The standard InChI is InChI=1S/C16H17NO2/c1-19-14-8-6-12-5-7-13-4-2-3-9-16(13,17-11-18)15(12)10-14/h2-3,6,8,10,13H,4-5,7,9H2,1H3. The van der Waals surface area contributed by atoms with Crippen molar-refractivity contribution < 1.29 is 9.53 Å². The predicted octanol–water partition coefficient (Wildman–Crippen LogP) is 3.14. The Labute approximate surface area is 113 Å². The van der Waals surface area contributed by atoms with Crippen LogP contribution in [0.5, 0.6) is 5.75 Å². The van der Waals surface area contributed by atoms with Crippen LogP contribution in [0.1, 0.15) is 30.4 Å². The highest BCUT2D eigenvalue weighted by molar-refractivity contribution is 5.47. The molecule has 2 unspecified atom stereocenters. The number of fused-ring (bicyclic) bond motifs is 3. The van der Waals surface area contributed by atoms with Crippen LogP contribution in [-0.2, 0) is 16.8 Å². The maximum atomic E-state index is 10.9. The van der Waals surface area contributed by atoms with Gasteiger partial charge in [0.25, 0.3) is 0 Å². The number of isocyanates is 1. The second kappa shape index (κ2) is 4.67. The first-order valence-electron chi connectivity index (χ1n) is 6.71. The summed E-state index contributed by atoms with van der Waals surface area (Å²) in [6.07, 6.45) is 10.0. The monoisotopic (exact) mass is 255 g/mol. The minimum atomic E-state index is -0.418. The first-order valence-corrected chi connectivity index (χ1v) is 6.71. The topological polar surface area (TPSA) is 38.7 Å². The summed E-state index contributed by atoms with van der Waals surface area (Å²) in [5.41, 5.74) is 2.01. The molecule has 2 atom stereocenters. The van der Waals surface area contributed by atoms with Crippen molar-refractivity contribution in [3.63, 3.8) is 0 Å². The number of carbonyl (C=O) groups excluding carboxylic acids is 1. The van der Waals surface area contributed by atoms with Crippen LogP contribution in [0.25, 0.3) is 0 Å². The Morgan fingerprint density at radius 3 is 3.11 bits per heavy atom. The Balaban J connectivity index is 2.20. The van der Waals surface area contributed by atoms with Gasteiger partial charge < -0.3 is 4.74 Å². The number of rotatable bonds is 2. The Kier molecular flexibility index (Phi) is 3.00. The third-order valence-electron chi connectivity index (χ3n) is 4.48. The van der Waals surface area contributed by atoms with Crippen molar-refractivity contribution in [1.82, 2.24) is 0 Å². The van der Waals surface area contributed by atoms with Crippen molar-refractivity contribution in [2.45, 2.75) is 31.2 Å². The summed E-state index contributed by atoms with van der Waals surface area (Å²) in [7, 11) is 1.67. The van der Waals surface area contributed by atoms with Crippen LogP contribution in [0.2, 0.25) is 0 Å². The molecule has 3 rings (SSSR count). The van der Waals surface area contributed by atoms with Crippen molar-refractivity contribution >= 4 is 6.08 Å². The zero-order chi connectivity index (χ0) is 13.3. The Morgan fingerprint density at radius 2 is 2.32 bits per heavy atom. The van der Waals surface area contributed by atoms with Gasteiger partial charge in [0.05, 0.1) is 7.11 Å². The highest BCUT2D eigenvalue weighted by atomic mass is 16.5. The minimum Gasteiger partial charge on any atom is -0.497 e. The number of aryl methyl sites for hydroxylation is 1. The van der Waals surface area contributed by atoms with E-state index in [1.54, 1.807) is 13.2 Å². The van der Waals surface area contributed by atoms with E-state index >= 15 is 0 Å². The molecular weight excluding hydrogens is 238 g/mol. The van der Waals surface area contributed by atoms with Crippen LogP contribution in [0.15, 0.2) is 35.3 Å². The number of methoxy groups -OCH3 is 1. The fourth-order valence-corrected chi connectivity index (χ4v) is 3.48. The summed E-state index contributed by atoms with van der Waals surface area (Å²) in [6.45, 7) is 0. The highest BCUT2D eigenvalue weighted by Crippen LogP contribution is 2.49. The average molecular weight is 255 g/mol. The molecule has 0 amide bonds. The minimum absolute atomic E-state index is 0.401. The van der Waals surface area contributed by atoms with Gasteiger partial charge >= 0.3 is 0 Å². The molecule has 0 radical (unpaired) electrons. The lowest BCUT2D eigenvalue weighted by Crippen LogP contribution is -2.39. The molecule has 3 heteroatoms. The summed E-state index contributed by atoms with van der Waals surface area (Å²) in [6, 6.07) is 6.13. The van der Waals surface area contributed by atoms with Crippen molar-refractivity contribution in [1.29, 1.82) is 0 Å². The lowest BCUT2D eigenvalue weighted by molar-refractivity contribution is 0.233. The van der Waals surface area contributed by atoms with Crippen molar-refractivity contribution in [2.24, 2.45) is 10.9 Å². The van der Waals surface area contributed by atoms with Gasteiger partial charge in [0.1, 0.15) is 11.3 Å². The van der Waals surface area contributed by atoms with Gasteiger partial charge in [-0.1, -0.05) is 18.2 Å². The molecule has 0 spiro atoms. The van der Waals surface area contributed by atoms with Gasteiger partial charge in [0.15, 0.2) is 0 Å². The molecule has 98 valence electrons. The molecule has 1 aromatic rings. The summed E-state index contributed by atoms with van der Waals surface area (Å²) < 4.78 is 5.32. The van der Waals surface area contributed by atoms with Crippen LogP contribution in [0, 0.1) is 5.92 Å². The van der Waals surface area contributed by atoms with E-state index in [2.05, 4.69) is 23.2 Å². The molecule has 0 N–H and O–H groups in total. The summed E-state index contributed by atoms with van der Waals surface area (Å²) in [5, 5.41) is 0. The van der Waals surface area contributed by atoms with E-state index in [9.17, 15) is 4.79 Å². The molecule has 0 aliphatic heterocycles. The number of hydrogen-bond donors (Lipinski definition) is 0. The highest BCUT2D eigenvalue weighted by Gasteiger charge is 2.44. The van der Waals surface area contributed by atoms with E-state index in [-0.39, 0.29) is 0 Å². The fraction of sp³-hybridized carbons (Fsp3) is 0.438. The molecule has 0 saturated heterocycles. The summed E-state index contributed by atoms with van der Waals surface area (Å²) in [5.74, 6) is 1.23. The summed E-state index contributed by atoms with van der Waals surface area (Å²) >= 11 is 0. The molecule has 19 heavy (non-hydrogen) atoms. The molecule has 0 fully saturated rings. The van der Waals surface area contributed by atoms with Gasteiger partial charge in [0, 0.05) is 0 Å². The van der Waals surface area contributed by atoms with Crippen LogP contribution >= 0.6 is 0 Å². The van der Waals surface area contributed by atoms with Gasteiger partial charge in [-0.2, -0.15) is 4.99 Å². The number of ether oxygens (including phenoxy) is 1. The van der Waals surface area contributed by atoms with Crippen molar-refractivity contribution in [3.05, 3.63) is 41.5 Å². The van der Waals surface area contributed by atoms with E-state index in [0.29, 0.717) is 5.92 Å². The normalized spacial score (nSPS) is 27.9. The van der Waals surface area contributed by atoms with Crippen molar-refractivity contribution in [3.8, 4) is 5.75 Å². The Morgan fingerprint density at radius 1 is 1.42 bits per heavy atom. The van der Waals surface area contributed by atoms with Gasteiger partial charge in [-0.15, -0.1) is 0 Å². The van der Waals surface area contributed by atoms with E-state index in [1.807, 2.05) is 12.1 Å². The van der Waals surface area contributed by atoms with Gasteiger partial charge in [0.2, 0.25) is 6.08 Å². The number of aliphatic imine (C=N–C) groups is 1. The zero-order valence-electron chi connectivity index (χ0n) is 11.1. The summed E-state index contributed by atoms with van der Waals surface area (Å²) in [4.78, 5) is 15.2. The maximum Gasteiger partial charge on any atom is 0.235 e. The van der Waals surface area contributed by atoms with E-state index in [1.165, 1.54) is 5.56 Å². The molecule has 3 nitrogen and oxygen atoms in total. The van der Waals surface area contributed by atoms with Crippen LogP contribution in [0.3, 0.4) is 0 Å². The molecule has 0 saturated carbocycles. The number of nitrogens with zero attached hydrogens (tertiary/aromatic N) is 1. The quantitative estimate of drug-likeness (QED) is 0.462. The second-order valence-corrected chi connectivity index (χ2v) is 5.30. The molecule has 2 aliphatic carbocycles. The van der Waals surface area contributed by atoms with E-state index < -0.39 is 5.54 Å². The fourth-order valence-electron chi connectivity index (χ4n) is 3.48. The van der Waals surface area contributed by atoms with Crippen molar-refractivity contribution in [2.75, 3.05) is 7.11 Å². The van der Waals surface area contributed by atoms with Crippen LogP contribution in [-0.4, -0.2) is 13.2 Å². The van der Waals surface area contributed by atoms with Crippen LogP contribution in [0.4, 0.5) is 0 Å². The predicted molar refractivity (Wildman–Crippen MR) is 73.0 cm³/mol. The maximum absolute atomic E-state index is 10.9. The number of benzene rings is 1. The molecule has 0 aromatic heterocycles. The third kappa shape index (κ3) is 1.82. The smallest absolute Gasteiger partial charge is 0.235 e. The molecule has 1 aromatic carbocycles. The van der Waals surface area contributed by atoms with Crippen LogP contribution < -0.4 is 4.74 Å². The SMILES string of the molecule is COc1ccc2c(c1)C1(N=C=O)CC=CCC1CC2. The first kappa shape index (κ1) is 12.2. The Hall–Kier alpha value is -1.86. The molecule has 0 heterocycles. The molecule has 0 bridgehead atoms.